The molecular weight excluding hydrogens is 500 g/mol. The predicted molar refractivity (Wildman–Crippen MR) is 149 cm³/mol. The molecule has 5 heteroatoms. The van der Waals surface area contributed by atoms with Gasteiger partial charge in [0.2, 0.25) is 0 Å². The molecule has 4 rings (SSSR count). The van der Waals surface area contributed by atoms with Crippen molar-refractivity contribution in [3.63, 3.8) is 0 Å². The summed E-state index contributed by atoms with van der Waals surface area (Å²) >= 11 is 0. The molecule has 39 heavy (non-hydrogen) atoms. The Morgan fingerprint density at radius 2 is 1.21 bits per heavy atom. The number of halogens is 4. The first-order valence-electron chi connectivity index (χ1n) is 14.5. The molecule has 0 radical (unpaired) electrons. The quantitative estimate of drug-likeness (QED) is 0.175. The van der Waals surface area contributed by atoms with Crippen molar-refractivity contribution >= 4 is 0 Å². The van der Waals surface area contributed by atoms with Crippen LogP contribution >= 0.6 is 0 Å². The number of hydrogen-bond acceptors (Lipinski definition) is 1. The molecule has 0 heterocycles. The maximum absolute atomic E-state index is 13.0. The lowest BCUT2D eigenvalue weighted by molar-refractivity contribution is -0.236. The standard InChI is InChI=1S/C34H40F4O/c1-2-3-4-25-5-7-26(8-6-25)9-10-27-13-19-30(20-14-27)31-21-15-28(16-22-31)11-12-29-17-23-32(24-18-29)39-33(35)34(36,37)38/h2,15-18,21-27,30,33H,1,3-10,13-14,19-20H2. The largest absolute Gasteiger partial charge is 0.457 e. The van der Waals surface area contributed by atoms with Crippen LogP contribution in [0.25, 0.3) is 0 Å². The highest BCUT2D eigenvalue weighted by Crippen LogP contribution is 2.40. The van der Waals surface area contributed by atoms with E-state index in [1.165, 1.54) is 107 Å². The number of alkyl halides is 4. The normalized spacial score (nSPS) is 24.3. The summed E-state index contributed by atoms with van der Waals surface area (Å²) in [6, 6.07) is 14.0. The van der Waals surface area contributed by atoms with Crippen molar-refractivity contribution in [2.75, 3.05) is 0 Å². The van der Waals surface area contributed by atoms with Crippen LogP contribution in [-0.4, -0.2) is 12.5 Å². The van der Waals surface area contributed by atoms with Crippen LogP contribution in [0.15, 0.2) is 61.2 Å². The second kappa shape index (κ2) is 14.1. The van der Waals surface area contributed by atoms with Gasteiger partial charge in [-0.05, 0) is 104 Å². The van der Waals surface area contributed by atoms with E-state index in [1.807, 2.05) is 12.1 Å². The van der Waals surface area contributed by atoms with Gasteiger partial charge in [0.15, 0.2) is 0 Å². The number of hydrogen-bond donors (Lipinski definition) is 0. The van der Waals surface area contributed by atoms with E-state index < -0.39 is 12.5 Å². The number of benzene rings is 2. The summed E-state index contributed by atoms with van der Waals surface area (Å²) in [5, 5.41) is 0. The molecule has 0 aliphatic heterocycles. The molecule has 0 N–H and O–H groups in total. The van der Waals surface area contributed by atoms with Gasteiger partial charge in [0.1, 0.15) is 5.75 Å². The van der Waals surface area contributed by atoms with Crippen LogP contribution in [0.2, 0.25) is 0 Å². The summed E-state index contributed by atoms with van der Waals surface area (Å²) in [6.45, 7) is 3.86. The second-order valence-electron chi connectivity index (χ2n) is 11.4. The van der Waals surface area contributed by atoms with Gasteiger partial charge in [-0.2, -0.15) is 17.6 Å². The van der Waals surface area contributed by atoms with Gasteiger partial charge in [-0.15, -0.1) is 6.58 Å². The van der Waals surface area contributed by atoms with Crippen LogP contribution in [0, 0.1) is 29.6 Å². The monoisotopic (exact) mass is 540 g/mol. The Balaban J connectivity index is 1.18. The summed E-state index contributed by atoms with van der Waals surface area (Å²) < 4.78 is 54.2. The van der Waals surface area contributed by atoms with E-state index >= 15 is 0 Å². The van der Waals surface area contributed by atoms with Gasteiger partial charge in [-0.1, -0.05) is 68.6 Å². The topological polar surface area (TPSA) is 9.23 Å². The fourth-order valence-corrected chi connectivity index (χ4v) is 6.20. The van der Waals surface area contributed by atoms with Gasteiger partial charge in [0.25, 0.3) is 0 Å². The third-order valence-electron chi connectivity index (χ3n) is 8.66. The second-order valence-corrected chi connectivity index (χ2v) is 11.4. The Kier molecular flexibility index (Phi) is 10.5. The molecule has 2 aromatic carbocycles. The van der Waals surface area contributed by atoms with Crippen LogP contribution < -0.4 is 4.74 Å². The van der Waals surface area contributed by atoms with Crippen LogP contribution in [0.1, 0.15) is 99.7 Å². The first-order chi connectivity index (χ1) is 18.8. The van der Waals surface area contributed by atoms with E-state index in [4.69, 9.17) is 0 Å². The minimum Gasteiger partial charge on any atom is -0.452 e. The summed E-state index contributed by atoms with van der Waals surface area (Å²) in [5.41, 5.74) is 2.88. The van der Waals surface area contributed by atoms with Gasteiger partial charge in [0, 0.05) is 11.1 Å². The van der Waals surface area contributed by atoms with E-state index in [1.54, 1.807) is 0 Å². The van der Waals surface area contributed by atoms with Crippen LogP contribution in [0.3, 0.4) is 0 Å². The lowest BCUT2D eigenvalue weighted by Gasteiger charge is -2.32. The van der Waals surface area contributed by atoms with Gasteiger partial charge in [0.05, 0.1) is 0 Å². The third-order valence-corrected chi connectivity index (χ3v) is 8.66. The Hall–Kier alpha value is -2.74. The average molecular weight is 541 g/mol. The van der Waals surface area contributed by atoms with E-state index in [-0.39, 0.29) is 5.75 Å². The molecule has 2 aromatic rings. The molecule has 1 atom stereocenters. The first kappa shape index (κ1) is 29.2. The fourth-order valence-electron chi connectivity index (χ4n) is 6.20. The highest BCUT2D eigenvalue weighted by molar-refractivity contribution is 5.45. The summed E-state index contributed by atoms with van der Waals surface area (Å²) in [6.07, 6.45) is 9.83. The number of allylic oxidation sites excluding steroid dienone is 1. The minimum absolute atomic E-state index is 0.188. The molecule has 1 unspecified atom stereocenters. The zero-order valence-electron chi connectivity index (χ0n) is 22.7. The Bertz CT molecular complexity index is 1080. The lowest BCUT2D eigenvalue weighted by atomic mass is 9.74. The van der Waals surface area contributed by atoms with Crippen LogP contribution in [0.4, 0.5) is 17.6 Å². The maximum Gasteiger partial charge on any atom is 0.457 e. The molecule has 0 spiro atoms. The van der Waals surface area contributed by atoms with Crippen LogP contribution in [-0.2, 0) is 0 Å². The van der Waals surface area contributed by atoms with Crippen molar-refractivity contribution in [3.8, 4) is 17.6 Å². The van der Waals surface area contributed by atoms with E-state index in [9.17, 15) is 17.6 Å². The first-order valence-corrected chi connectivity index (χ1v) is 14.5. The molecular formula is C34H40F4O. The van der Waals surface area contributed by atoms with Gasteiger partial charge >= 0.3 is 12.5 Å². The summed E-state index contributed by atoms with van der Waals surface area (Å²) in [4.78, 5) is 0. The zero-order chi connectivity index (χ0) is 27.7. The van der Waals surface area contributed by atoms with Crippen molar-refractivity contribution in [1.82, 2.24) is 0 Å². The van der Waals surface area contributed by atoms with Gasteiger partial charge in [-0.25, -0.2) is 0 Å². The molecule has 0 amide bonds. The highest BCUT2D eigenvalue weighted by Gasteiger charge is 2.42. The van der Waals surface area contributed by atoms with Crippen molar-refractivity contribution < 1.29 is 22.3 Å². The van der Waals surface area contributed by atoms with Gasteiger partial charge < -0.3 is 4.74 Å². The molecule has 2 saturated carbocycles. The molecule has 2 aliphatic rings. The molecule has 2 aliphatic carbocycles. The van der Waals surface area contributed by atoms with Crippen molar-refractivity contribution in [3.05, 3.63) is 77.9 Å². The van der Waals surface area contributed by atoms with E-state index in [0.717, 1.165) is 23.3 Å². The fraction of sp³-hybridized carbons (Fsp3) is 0.529. The van der Waals surface area contributed by atoms with Crippen molar-refractivity contribution in [2.45, 2.75) is 95.5 Å². The minimum atomic E-state index is -5.05. The molecule has 0 saturated heterocycles. The summed E-state index contributed by atoms with van der Waals surface area (Å²) in [7, 11) is 0. The molecule has 210 valence electrons. The number of ether oxygens (including phenoxy) is 1. The molecule has 0 aromatic heterocycles. The van der Waals surface area contributed by atoms with Crippen molar-refractivity contribution in [2.24, 2.45) is 17.8 Å². The lowest BCUT2D eigenvalue weighted by Crippen LogP contribution is -2.29. The maximum atomic E-state index is 13.0. The van der Waals surface area contributed by atoms with Gasteiger partial charge in [-0.3, -0.25) is 0 Å². The SMILES string of the molecule is C=CCCC1CCC(CCC2CCC(c3ccc(C#Cc4ccc(OC(F)C(F)(F)F)cc4)cc3)CC2)CC1. The Morgan fingerprint density at radius 1 is 0.744 bits per heavy atom. The van der Waals surface area contributed by atoms with Crippen LogP contribution in [0.5, 0.6) is 5.75 Å². The highest BCUT2D eigenvalue weighted by atomic mass is 19.4. The summed E-state index contributed by atoms with van der Waals surface area (Å²) in [5.74, 6) is 9.28. The Labute approximate surface area is 231 Å². The average Bonchev–Trinajstić information content (AvgIpc) is 2.95. The third kappa shape index (κ3) is 9.16. The van der Waals surface area contributed by atoms with E-state index in [0.29, 0.717) is 11.5 Å². The van der Waals surface area contributed by atoms with E-state index in [2.05, 4.69) is 41.4 Å². The number of rotatable bonds is 9. The predicted octanol–water partition coefficient (Wildman–Crippen LogP) is 10.1. The molecule has 0 bridgehead atoms. The molecule has 2 fully saturated rings. The Morgan fingerprint density at radius 3 is 1.69 bits per heavy atom. The smallest absolute Gasteiger partial charge is 0.452 e. The zero-order valence-corrected chi connectivity index (χ0v) is 22.7. The molecule has 1 nitrogen and oxygen atoms in total. The van der Waals surface area contributed by atoms with Crippen molar-refractivity contribution in [1.29, 1.82) is 0 Å².